The molecule has 0 spiro atoms. The number of aromatic amines is 1. The van der Waals surface area contributed by atoms with Gasteiger partial charge in [0.15, 0.2) is 11.5 Å². The van der Waals surface area contributed by atoms with Gasteiger partial charge in [-0.05, 0) is 43.2 Å². The minimum Gasteiger partial charge on any atom is -0.493 e. The smallest absolute Gasteiger partial charge is 0.350 e. The number of carbonyl (C=O) groups is 1. The fraction of sp³-hybridized carbons (Fsp3) is 0.333. The summed E-state index contributed by atoms with van der Waals surface area (Å²) < 4.78 is 19.3. The van der Waals surface area contributed by atoms with Crippen LogP contribution in [0.1, 0.15) is 35.1 Å². The Bertz CT molecular complexity index is 1480. The van der Waals surface area contributed by atoms with Crippen LogP contribution in [0.2, 0.25) is 0 Å². The SMILES string of the molecule is COc1cc(-c2cc(C(=O)N3CCCC(c4nn(C)c(=O)n4-c4ccccc4)C3)[nH]n2)cc(OC)c1OC. The lowest BCUT2D eigenvalue weighted by Crippen LogP contribution is -2.40. The number of aryl methyl sites for hydroxylation is 1. The maximum atomic E-state index is 13.5. The second-order valence-electron chi connectivity index (χ2n) is 9.11. The van der Waals surface area contributed by atoms with Crippen LogP contribution in [0, 0.1) is 0 Å². The number of likely N-dealkylation sites (tertiary alicyclic amines) is 1. The van der Waals surface area contributed by atoms with Crippen molar-refractivity contribution in [2.45, 2.75) is 18.8 Å². The van der Waals surface area contributed by atoms with E-state index in [0.717, 1.165) is 18.5 Å². The molecule has 198 valence electrons. The molecule has 2 aromatic heterocycles. The largest absolute Gasteiger partial charge is 0.493 e. The average molecular weight is 519 g/mol. The zero-order chi connectivity index (χ0) is 26.8. The monoisotopic (exact) mass is 518 g/mol. The summed E-state index contributed by atoms with van der Waals surface area (Å²) >= 11 is 0. The number of benzene rings is 2. The number of aromatic nitrogens is 5. The lowest BCUT2D eigenvalue weighted by molar-refractivity contribution is 0.0698. The number of piperidine rings is 1. The summed E-state index contributed by atoms with van der Waals surface area (Å²) in [5.41, 5.74) is 2.21. The van der Waals surface area contributed by atoms with E-state index in [9.17, 15) is 9.59 Å². The van der Waals surface area contributed by atoms with Crippen molar-refractivity contribution in [2.75, 3.05) is 34.4 Å². The number of nitrogens with one attached hydrogen (secondary N) is 1. The van der Waals surface area contributed by atoms with Crippen LogP contribution in [0.5, 0.6) is 17.2 Å². The summed E-state index contributed by atoms with van der Waals surface area (Å²) in [5, 5.41) is 11.8. The molecular formula is C27H30N6O5. The summed E-state index contributed by atoms with van der Waals surface area (Å²) in [7, 11) is 6.28. The molecule has 0 bridgehead atoms. The summed E-state index contributed by atoms with van der Waals surface area (Å²) in [6, 6.07) is 14.7. The molecule has 5 rings (SSSR count). The molecule has 1 aliphatic heterocycles. The molecule has 1 atom stereocenters. The van der Waals surface area contributed by atoms with Gasteiger partial charge < -0.3 is 19.1 Å². The van der Waals surface area contributed by atoms with Crippen molar-refractivity contribution in [3.05, 3.63) is 70.5 Å². The number of hydrogen-bond donors (Lipinski definition) is 1. The van der Waals surface area contributed by atoms with Crippen molar-refractivity contribution >= 4 is 5.91 Å². The Morgan fingerprint density at radius 1 is 1.03 bits per heavy atom. The highest BCUT2D eigenvalue weighted by molar-refractivity contribution is 5.93. The van der Waals surface area contributed by atoms with Crippen LogP contribution >= 0.6 is 0 Å². The van der Waals surface area contributed by atoms with Crippen LogP contribution in [0.15, 0.2) is 53.3 Å². The Hall–Kier alpha value is -4.54. The molecule has 1 amide bonds. The van der Waals surface area contributed by atoms with Crippen LogP contribution in [-0.4, -0.2) is 69.8 Å². The Morgan fingerprint density at radius 2 is 1.74 bits per heavy atom. The molecule has 1 fully saturated rings. The third kappa shape index (κ3) is 4.51. The molecule has 4 aromatic rings. The number of rotatable bonds is 7. The number of methoxy groups -OCH3 is 3. The predicted octanol–water partition coefficient (Wildman–Crippen LogP) is 3.01. The molecule has 11 heteroatoms. The fourth-order valence-electron chi connectivity index (χ4n) is 4.92. The quantitative estimate of drug-likeness (QED) is 0.400. The van der Waals surface area contributed by atoms with Gasteiger partial charge in [0.2, 0.25) is 5.75 Å². The molecule has 0 radical (unpaired) electrons. The normalized spacial score (nSPS) is 15.4. The summed E-state index contributed by atoms with van der Waals surface area (Å²) in [6.07, 6.45) is 1.62. The molecule has 3 heterocycles. The van der Waals surface area contributed by atoms with Gasteiger partial charge in [0.25, 0.3) is 5.91 Å². The minimum absolute atomic E-state index is 0.0840. The zero-order valence-electron chi connectivity index (χ0n) is 21.8. The van der Waals surface area contributed by atoms with Crippen molar-refractivity contribution in [1.82, 2.24) is 29.4 Å². The summed E-state index contributed by atoms with van der Waals surface area (Å²) in [6.45, 7) is 1.05. The van der Waals surface area contributed by atoms with Crippen molar-refractivity contribution in [1.29, 1.82) is 0 Å². The van der Waals surface area contributed by atoms with Crippen molar-refractivity contribution < 1.29 is 19.0 Å². The van der Waals surface area contributed by atoms with E-state index in [1.54, 1.807) is 56.0 Å². The molecule has 1 saturated heterocycles. The summed E-state index contributed by atoms with van der Waals surface area (Å²) in [4.78, 5) is 28.2. The standard InChI is InChI=1S/C27H30N6O5/c1-31-27(35)33(19-10-6-5-7-11-19)25(30-31)17-9-8-12-32(16-17)26(34)21-15-20(28-29-21)18-13-22(36-2)24(38-4)23(14-18)37-3/h5-7,10-11,13-15,17H,8-9,12,16H2,1-4H3,(H,28,29). The first kappa shape index (κ1) is 25.1. The molecule has 0 aliphatic carbocycles. The Kier molecular flexibility index (Phi) is 6.91. The van der Waals surface area contributed by atoms with E-state index in [-0.39, 0.29) is 17.5 Å². The second kappa shape index (κ2) is 10.4. The van der Waals surface area contributed by atoms with E-state index in [2.05, 4.69) is 15.3 Å². The third-order valence-electron chi connectivity index (χ3n) is 6.81. The van der Waals surface area contributed by atoms with Crippen LogP contribution in [0.3, 0.4) is 0 Å². The van der Waals surface area contributed by atoms with Gasteiger partial charge in [-0.2, -0.15) is 10.2 Å². The lowest BCUT2D eigenvalue weighted by Gasteiger charge is -2.32. The van der Waals surface area contributed by atoms with Crippen LogP contribution in [0.4, 0.5) is 0 Å². The topological polar surface area (TPSA) is 117 Å². The van der Waals surface area contributed by atoms with E-state index in [0.29, 0.717) is 53.1 Å². The first-order valence-corrected chi connectivity index (χ1v) is 12.3. The molecule has 1 unspecified atom stereocenters. The third-order valence-corrected chi connectivity index (χ3v) is 6.81. The highest BCUT2D eigenvalue weighted by Gasteiger charge is 2.31. The molecule has 1 N–H and O–H groups in total. The van der Waals surface area contributed by atoms with Gasteiger partial charge in [0.1, 0.15) is 11.5 Å². The zero-order valence-corrected chi connectivity index (χ0v) is 21.8. The number of ether oxygens (including phenoxy) is 3. The predicted molar refractivity (Wildman–Crippen MR) is 140 cm³/mol. The minimum atomic E-state index is -0.210. The first-order valence-electron chi connectivity index (χ1n) is 12.3. The maximum absolute atomic E-state index is 13.5. The number of amides is 1. The Balaban J connectivity index is 1.40. The van der Waals surface area contributed by atoms with E-state index >= 15 is 0 Å². The van der Waals surface area contributed by atoms with E-state index in [4.69, 9.17) is 14.2 Å². The molecule has 0 saturated carbocycles. The molecule has 1 aliphatic rings. The Labute approximate surface area is 219 Å². The van der Waals surface area contributed by atoms with E-state index < -0.39 is 0 Å². The van der Waals surface area contributed by atoms with Gasteiger partial charge in [0.05, 0.1) is 32.7 Å². The number of hydrogen-bond acceptors (Lipinski definition) is 7. The van der Waals surface area contributed by atoms with Gasteiger partial charge in [-0.15, -0.1) is 0 Å². The highest BCUT2D eigenvalue weighted by atomic mass is 16.5. The van der Waals surface area contributed by atoms with Crippen LogP contribution in [0.25, 0.3) is 16.9 Å². The van der Waals surface area contributed by atoms with Gasteiger partial charge in [-0.1, -0.05) is 18.2 Å². The van der Waals surface area contributed by atoms with E-state index in [1.165, 1.54) is 4.68 Å². The number of para-hydroxylation sites is 1. The van der Waals surface area contributed by atoms with Gasteiger partial charge >= 0.3 is 5.69 Å². The maximum Gasteiger partial charge on any atom is 0.350 e. The molecule has 2 aromatic carbocycles. The molecular weight excluding hydrogens is 488 g/mol. The van der Waals surface area contributed by atoms with Crippen molar-refractivity contribution in [2.24, 2.45) is 7.05 Å². The van der Waals surface area contributed by atoms with Crippen molar-refractivity contribution in [3.63, 3.8) is 0 Å². The summed E-state index contributed by atoms with van der Waals surface area (Å²) in [5.74, 6) is 1.88. The fourth-order valence-corrected chi connectivity index (χ4v) is 4.92. The average Bonchev–Trinajstić information content (AvgIpc) is 3.57. The lowest BCUT2D eigenvalue weighted by atomic mass is 9.96. The van der Waals surface area contributed by atoms with Crippen LogP contribution < -0.4 is 19.9 Å². The van der Waals surface area contributed by atoms with Gasteiger partial charge in [-0.25, -0.2) is 14.0 Å². The Morgan fingerprint density at radius 3 is 2.39 bits per heavy atom. The molecule has 11 nitrogen and oxygen atoms in total. The first-order chi connectivity index (χ1) is 18.4. The van der Waals surface area contributed by atoms with E-state index in [1.807, 2.05) is 30.3 Å². The van der Waals surface area contributed by atoms with Gasteiger partial charge in [0, 0.05) is 31.6 Å². The second-order valence-corrected chi connectivity index (χ2v) is 9.11. The molecule has 38 heavy (non-hydrogen) atoms. The van der Waals surface area contributed by atoms with Crippen LogP contribution in [-0.2, 0) is 7.05 Å². The highest BCUT2D eigenvalue weighted by Crippen LogP contribution is 2.41. The van der Waals surface area contributed by atoms with Crippen molar-refractivity contribution in [3.8, 4) is 34.2 Å². The van der Waals surface area contributed by atoms with Gasteiger partial charge in [-0.3, -0.25) is 9.89 Å². The number of H-pyrrole nitrogens is 1. The number of nitrogens with zero attached hydrogens (tertiary/aromatic N) is 5. The number of carbonyl (C=O) groups excluding carboxylic acids is 1.